The van der Waals surface area contributed by atoms with Crippen molar-refractivity contribution in [3.8, 4) is 10.6 Å². The van der Waals surface area contributed by atoms with Crippen molar-refractivity contribution in [3.63, 3.8) is 0 Å². The average Bonchev–Trinajstić information content (AvgIpc) is 3.58. The topological polar surface area (TPSA) is 92.3 Å². The van der Waals surface area contributed by atoms with Gasteiger partial charge >= 0.3 is 6.18 Å². The Morgan fingerprint density at radius 3 is 2.22 bits per heavy atom. The highest BCUT2D eigenvalue weighted by Crippen LogP contribution is 2.58. The highest BCUT2D eigenvalue weighted by Gasteiger charge is 2.51. The number of carbonyl (C=O) groups excluding carboxylic acids is 1. The molecule has 45 heavy (non-hydrogen) atoms. The minimum absolute atomic E-state index is 0.00318. The Balaban J connectivity index is 1.35. The van der Waals surface area contributed by atoms with E-state index in [9.17, 15) is 35.2 Å². The van der Waals surface area contributed by atoms with Crippen LogP contribution >= 0.6 is 34.5 Å². The van der Waals surface area contributed by atoms with Gasteiger partial charge in [0.2, 0.25) is 5.91 Å². The number of anilines is 2. The molecule has 0 atom stereocenters. The molecule has 1 aliphatic rings. The van der Waals surface area contributed by atoms with Crippen LogP contribution in [0.3, 0.4) is 0 Å². The Morgan fingerprint density at radius 2 is 1.67 bits per heavy atom. The molecular formula is C29H23Cl2F5N4O3S2. The second-order valence-electron chi connectivity index (χ2n) is 10.4. The molecule has 0 radical (unpaired) electrons. The molecule has 7 nitrogen and oxygen atoms in total. The lowest BCUT2D eigenvalue weighted by Crippen LogP contribution is -2.39. The number of nitrogens with zero attached hydrogens (tertiary/aromatic N) is 3. The van der Waals surface area contributed by atoms with Crippen LogP contribution in [-0.4, -0.2) is 49.5 Å². The number of hydrogen-bond donors (Lipinski definition) is 1. The molecule has 0 spiro atoms. The van der Waals surface area contributed by atoms with E-state index < -0.39 is 52.1 Å². The molecule has 1 heterocycles. The summed E-state index contributed by atoms with van der Waals surface area (Å²) >= 11 is 14.4. The van der Waals surface area contributed by atoms with Crippen LogP contribution in [0.1, 0.15) is 30.3 Å². The van der Waals surface area contributed by atoms with Crippen LogP contribution in [0.4, 0.5) is 33.3 Å². The number of rotatable bonds is 10. The molecule has 4 aromatic rings. The van der Waals surface area contributed by atoms with Crippen molar-refractivity contribution < 1.29 is 35.2 Å². The molecular weight excluding hydrogens is 682 g/mol. The first-order valence-electron chi connectivity index (χ1n) is 13.4. The molecule has 16 heteroatoms. The van der Waals surface area contributed by atoms with Crippen molar-refractivity contribution in [1.82, 2.24) is 10.2 Å². The van der Waals surface area contributed by atoms with Gasteiger partial charge in [-0.15, -0.1) is 10.2 Å². The zero-order chi connectivity index (χ0) is 32.7. The fourth-order valence-electron chi connectivity index (χ4n) is 4.85. The number of benzene rings is 3. The maximum atomic E-state index is 14.3. The van der Waals surface area contributed by atoms with Gasteiger partial charge in [-0.2, -0.15) is 13.2 Å². The highest BCUT2D eigenvalue weighted by molar-refractivity contribution is 7.91. The standard InChI is InChI=1S/C29H23Cl2F5N4O3S2/c1-2-45(42,43)19-6-4-18(5-7-19)40(15-29(34,35)36)14-24(41)37-17-12-21(30)25(22(31)13-17)28(9-10-28)27-39-38-26(44-27)20-8-3-16(32)11-23(20)33/h3-8,11-13H,2,9-10,14-15H2,1H3,(H,37,41). The lowest BCUT2D eigenvalue weighted by Gasteiger charge is -2.26. The normalized spacial score (nSPS) is 14.3. The minimum atomic E-state index is -4.66. The van der Waals surface area contributed by atoms with Crippen LogP contribution in [-0.2, 0) is 20.0 Å². The van der Waals surface area contributed by atoms with Crippen LogP contribution in [0.5, 0.6) is 0 Å². The summed E-state index contributed by atoms with van der Waals surface area (Å²) in [5.74, 6) is -2.49. The third-order valence-electron chi connectivity index (χ3n) is 7.20. The van der Waals surface area contributed by atoms with Crippen LogP contribution in [0.15, 0.2) is 59.5 Å². The summed E-state index contributed by atoms with van der Waals surface area (Å²) < 4.78 is 92.0. The van der Waals surface area contributed by atoms with E-state index in [1.807, 2.05) is 0 Å². The fraction of sp³-hybridized carbons (Fsp3) is 0.276. The predicted molar refractivity (Wildman–Crippen MR) is 163 cm³/mol. The summed E-state index contributed by atoms with van der Waals surface area (Å²) in [4.78, 5) is 13.6. The maximum absolute atomic E-state index is 14.3. The van der Waals surface area contributed by atoms with Crippen molar-refractivity contribution in [2.45, 2.75) is 36.3 Å². The molecule has 1 saturated carbocycles. The summed E-state index contributed by atoms with van der Waals surface area (Å²) in [5, 5.41) is 11.9. The zero-order valence-corrected chi connectivity index (χ0v) is 26.4. The number of amides is 1. The van der Waals surface area contributed by atoms with Gasteiger partial charge in [0.05, 0.1) is 22.6 Å². The molecule has 1 aromatic heterocycles. The zero-order valence-electron chi connectivity index (χ0n) is 23.3. The lowest BCUT2D eigenvalue weighted by molar-refractivity contribution is -0.122. The van der Waals surface area contributed by atoms with E-state index in [4.69, 9.17) is 23.2 Å². The van der Waals surface area contributed by atoms with E-state index in [2.05, 4.69) is 15.5 Å². The van der Waals surface area contributed by atoms with Crippen LogP contribution in [0.25, 0.3) is 10.6 Å². The molecule has 0 aliphatic heterocycles. The first-order valence-corrected chi connectivity index (χ1v) is 16.6. The van der Waals surface area contributed by atoms with Crippen molar-refractivity contribution in [1.29, 1.82) is 0 Å². The second kappa shape index (κ2) is 12.5. The largest absolute Gasteiger partial charge is 0.405 e. The Labute approximate surface area is 268 Å². The van der Waals surface area contributed by atoms with Gasteiger partial charge in [0.15, 0.2) is 14.8 Å². The summed E-state index contributed by atoms with van der Waals surface area (Å²) in [5.41, 5.74) is 0.0118. The van der Waals surface area contributed by atoms with Crippen molar-refractivity contribution in [2.75, 3.05) is 29.1 Å². The molecule has 3 aromatic carbocycles. The molecule has 1 N–H and O–H groups in total. The monoisotopic (exact) mass is 704 g/mol. The van der Waals surface area contributed by atoms with Crippen LogP contribution in [0, 0.1) is 11.6 Å². The number of sulfone groups is 1. The molecule has 0 bridgehead atoms. The smallest absolute Gasteiger partial charge is 0.353 e. The van der Waals surface area contributed by atoms with Gasteiger partial charge in [-0.25, -0.2) is 17.2 Å². The molecule has 1 aliphatic carbocycles. The van der Waals surface area contributed by atoms with Crippen molar-refractivity contribution >= 4 is 61.7 Å². The molecule has 0 saturated heterocycles. The van der Waals surface area contributed by atoms with Gasteiger partial charge in [-0.1, -0.05) is 41.5 Å². The average molecular weight is 706 g/mol. The molecule has 5 rings (SSSR count). The SMILES string of the molecule is CCS(=O)(=O)c1ccc(N(CC(=O)Nc2cc(Cl)c(C3(c4nnc(-c5ccc(F)cc5F)s4)CC3)c(Cl)c2)CC(F)(F)F)cc1. The van der Waals surface area contributed by atoms with Gasteiger partial charge in [-0.3, -0.25) is 4.79 Å². The number of carbonyl (C=O) groups is 1. The van der Waals surface area contributed by atoms with Crippen molar-refractivity contribution in [2.24, 2.45) is 0 Å². The van der Waals surface area contributed by atoms with E-state index in [1.54, 1.807) is 0 Å². The van der Waals surface area contributed by atoms with E-state index in [1.165, 1.54) is 49.4 Å². The first-order chi connectivity index (χ1) is 21.1. The third kappa shape index (κ3) is 7.24. The van der Waals surface area contributed by atoms with Gasteiger partial charge in [0, 0.05) is 38.6 Å². The third-order valence-corrected chi connectivity index (χ3v) is 10.7. The van der Waals surface area contributed by atoms with Gasteiger partial charge in [-0.05, 0) is 61.4 Å². The fourth-order valence-corrected chi connectivity index (χ4v) is 7.70. The van der Waals surface area contributed by atoms with Gasteiger partial charge in [0.25, 0.3) is 0 Å². The highest BCUT2D eigenvalue weighted by atomic mass is 35.5. The number of hydrogen-bond acceptors (Lipinski definition) is 7. The Hall–Kier alpha value is -3.33. The van der Waals surface area contributed by atoms with Crippen LogP contribution < -0.4 is 10.2 Å². The summed E-state index contributed by atoms with van der Waals surface area (Å²) in [6.45, 7) is -0.730. The molecule has 238 valence electrons. The number of aromatic nitrogens is 2. The Morgan fingerprint density at radius 1 is 1.02 bits per heavy atom. The van der Waals surface area contributed by atoms with E-state index in [0.29, 0.717) is 23.4 Å². The number of alkyl halides is 3. The van der Waals surface area contributed by atoms with E-state index in [0.717, 1.165) is 28.4 Å². The number of nitrogens with one attached hydrogen (secondary N) is 1. The molecule has 1 amide bonds. The molecule has 1 fully saturated rings. The van der Waals surface area contributed by atoms with Gasteiger partial charge < -0.3 is 10.2 Å². The summed E-state index contributed by atoms with van der Waals surface area (Å²) in [7, 11) is -3.57. The second-order valence-corrected chi connectivity index (χ2v) is 14.4. The predicted octanol–water partition coefficient (Wildman–Crippen LogP) is 7.67. The summed E-state index contributed by atoms with van der Waals surface area (Å²) in [6, 6.07) is 10.8. The van der Waals surface area contributed by atoms with Crippen molar-refractivity contribution in [3.05, 3.63) is 86.8 Å². The van der Waals surface area contributed by atoms with Gasteiger partial charge in [0.1, 0.15) is 23.2 Å². The lowest BCUT2D eigenvalue weighted by atomic mass is 9.96. The van der Waals surface area contributed by atoms with Crippen LogP contribution in [0.2, 0.25) is 10.0 Å². The van der Waals surface area contributed by atoms with E-state index in [-0.39, 0.29) is 42.6 Å². The number of halogens is 7. The maximum Gasteiger partial charge on any atom is 0.405 e. The minimum Gasteiger partial charge on any atom is -0.353 e. The Kier molecular flexibility index (Phi) is 9.15. The van der Waals surface area contributed by atoms with E-state index >= 15 is 0 Å². The quantitative estimate of drug-likeness (QED) is 0.170. The first kappa shape index (κ1) is 33.0. The Bertz CT molecular complexity index is 1840. The summed E-state index contributed by atoms with van der Waals surface area (Å²) in [6.07, 6.45) is -3.46. The molecule has 0 unspecified atom stereocenters.